The Balaban J connectivity index is 1.43. The average molecular weight is 598 g/mol. The molecule has 0 amide bonds. The summed E-state index contributed by atoms with van der Waals surface area (Å²) in [6.07, 6.45) is 4.03. The summed E-state index contributed by atoms with van der Waals surface area (Å²) in [4.78, 5) is 24.8. The molecule has 0 saturated carbocycles. The molecule has 0 aliphatic heterocycles. The van der Waals surface area contributed by atoms with Crippen LogP contribution in [0, 0.1) is 5.82 Å². The number of nitrogens with one attached hydrogen (secondary N) is 1. The summed E-state index contributed by atoms with van der Waals surface area (Å²) >= 11 is 0. The van der Waals surface area contributed by atoms with Crippen molar-refractivity contribution in [1.29, 1.82) is 0 Å². The molecule has 0 radical (unpaired) electrons. The van der Waals surface area contributed by atoms with E-state index < -0.39 is 5.82 Å². The van der Waals surface area contributed by atoms with Crippen LogP contribution in [-0.4, -0.2) is 60.8 Å². The van der Waals surface area contributed by atoms with Crippen molar-refractivity contribution in [3.8, 4) is 34.1 Å². The van der Waals surface area contributed by atoms with Gasteiger partial charge in [0.15, 0.2) is 23.1 Å². The summed E-state index contributed by atoms with van der Waals surface area (Å²) in [7, 11) is 8.85. The molecule has 0 saturated heterocycles. The van der Waals surface area contributed by atoms with Crippen LogP contribution in [0.25, 0.3) is 22.0 Å². The van der Waals surface area contributed by atoms with E-state index in [2.05, 4.69) is 15.2 Å². The minimum atomic E-state index is -0.621. The van der Waals surface area contributed by atoms with Crippen molar-refractivity contribution >= 4 is 10.9 Å². The summed E-state index contributed by atoms with van der Waals surface area (Å²) < 4.78 is 33.7. The highest BCUT2D eigenvalue weighted by atomic mass is 19.1. The SMILES string of the molecule is COc1cc2nccc(Oc3ccc(-c4cnc(C(NCCCN(C)C)c5ccccc5)n(C)c4=O)cc3F)c2cc1OC. The van der Waals surface area contributed by atoms with Gasteiger partial charge in [-0.3, -0.25) is 14.3 Å². The van der Waals surface area contributed by atoms with Crippen molar-refractivity contribution in [3.05, 3.63) is 107 Å². The molecule has 10 heteroatoms. The molecular weight excluding hydrogens is 561 g/mol. The minimum Gasteiger partial charge on any atom is -0.493 e. The van der Waals surface area contributed by atoms with Gasteiger partial charge in [0.2, 0.25) is 0 Å². The molecule has 3 aromatic carbocycles. The summed E-state index contributed by atoms with van der Waals surface area (Å²) in [6.45, 7) is 1.68. The number of aromatic nitrogens is 3. The van der Waals surface area contributed by atoms with Gasteiger partial charge in [0.1, 0.15) is 11.6 Å². The van der Waals surface area contributed by atoms with Gasteiger partial charge in [-0.2, -0.15) is 0 Å². The van der Waals surface area contributed by atoms with E-state index in [0.29, 0.717) is 39.5 Å². The second-order valence-corrected chi connectivity index (χ2v) is 10.6. The number of benzene rings is 3. The van der Waals surface area contributed by atoms with E-state index in [0.717, 1.165) is 25.1 Å². The third-order valence-corrected chi connectivity index (χ3v) is 7.40. The fourth-order valence-electron chi connectivity index (χ4n) is 5.07. The van der Waals surface area contributed by atoms with E-state index >= 15 is 4.39 Å². The standard InChI is InChI=1S/C34H36FN5O4/c1-39(2)17-9-15-37-32(22-10-7-6-8-11-22)33-38-21-25(34(41)40(33)3)23-12-13-29(26(35)18-23)44-28-14-16-36-27-20-31(43-5)30(42-4)19-24(27)28/h6-8,10-14,16,18-21,32,37H,9,15,17H2,1-5H3. The smallest absolute Gasteiger partial charge is 0.261 e. The quantitative estimate of drug-likeness (QED) is 0.187. The van der Waals surface area contributed by atoms with Crippen molar-refractivity contribution in [2.45, 2.75) is 12.5 Å². The van der Waals surface area contributed by atoms with E-state index in [9.17, 15) is 4.79 Å². The van der Waals surface area contributed by atoms with Crippen molar-refractivity contribution in [1.82, 2.24) is 24.8 Å². The first kappa shape index (κ1) is 30.7. The number of nitrogens with zero attached hydrogens (tertiary/aromatic N) is 4. The molecule has 0 fully saturated rings. The molecule has 228 valence electrons. The summed E-state index contributed by atoms with van der Waals surface area (Å²) in [6, 6.07) is 19.2. The van der Waals surface area contributed by atoms with E-state index in [1.807, 2.05) is 44.4 Å². The van der Waals surface area contributed by atoms with Crippen molar-refractivity contribution in [3.63, 3.8) is 0 Å². The zero-order valence-corrected chi connectivity index (χ0v) is 25.5. The molecule has 5 rings (SSSR count). The van der Waals surface area contributed by atoms with E-state index in [-0.39, 0.29) is 22.9 Å². The molecule has 5 aromatic rings. The molecular formula is C34H36FN5O4. The molecule has 2 aromatic heterocycles. The van der Waals surface area contributed by atoms with Gasteiger partial charge in [-0.15, -0.1) is 0 Å². The third kappa shape index (κ3) is 6.56. The van der Waals surface area contributed by atoms with Gasteiger partial charge in [-0.1, -0.05) is 36.4 Å². The molecule has 1 N–H and O–H groups in total. The molecule has 2 heterocycles. The predicted molar refractivity (Wildman–Crippen MR) is 169 cm³/mol. The number of ether oxygens (including phenoxy) is 3. The monoisotopic (exact) mass is 597 g/mol. The van der Waals surface area contributed by atoms with Gasteiger partial charge in [0.05, 0.1) is 31.3 Å². The van der Waals surface area contributed by atoms with Crippen LogP contribution >= 0.6 is 0 Å². The van der Waals surface area contributed by atoms with E-state index in [1.165, 1.54) is 30.0 Å². The lowest BCUT2D eigenvalue weighted by atomic mass is 10.0. The number of halogens is 1. The normalized spacial score (nSPS) is 12.0. The number of hydrogen-bond donors (Lipinski definition) is 1. The van der Waals surface area contributed by atoms with Crippen LogP contribution in [0.15, 0.2) is 83.9 Å². The number of rotatable bonds is 12. The van der Waals surface area contributed by atoms with Crippen LogP contribution in [-0.2, 0) is 7.05 Å². The molecule has 0 spiro atoms. The molecule has 44 heavy (non-hydrogen) atoms. The maximum Gasteiger partial charge on any atom is 0.261 e. The fourth-order valence-corrected chi connectivity index (χ4v) is 5.07. The highest BCUT2D eigenvalue weighted by molar-refractivity contribution is 5.88. The van der Waals surface area contributed by atoms with E-state index in [4.69, 9.17) is 19.2 Å². The minimum absolute atomic E-state index is 0.00324. The van der Waals surface area contributed by atoms with Gasteiger partial charge >= 0.3 is 0 Å². The first-order valence-corrected chi connectivity index (χ1v) is 14.3. The Morgan fingerprint density at radius 3 is 2.39 bits per heavy atom. The first-order valence-electron chi connectivity index (χ1n) is 14.3. The highest BCUT2D eigenvalue weighted by Crippen LogP contribution is 2.37. The largest absolute Gasteiger partial charge is 0.493 e. The van der Waals surface area contributed by atoms with Gasteiger partial charge in [0, 0.05) is 30.9 Å². The Morgan fingerprint density at radius 2 is 1.68 bits per heavy atom. The zero-order valence-electron chi connectivity index (χ0n) is 25.5. The lowest BCUT2D eigenvalue weighted by molar-refractivity contribution is 0.355. The number of methoxy groups -OCH3 is 2. The van der Waals surface area contributed by atoms with Crippen LogP contribution in [0.3, 0.4) is 0 Å². The second-order valence-electron chi connectivity index (χ2n) is 10.6. The Morgan fingerprint density at radius 1 is 0.932 bits per heavy atom. The maximum atomic E-state index is 15.4. The van der Waals surface area contributed by atoms with Crippen LogP contribution in [0.1, 0.15) is 23.9 Å². The molecule has 1 atom stereocenters. The summed E-state index contributed by atoms with van der Waals surface area (Å²) in [5.74, 6) is 1.38. The van der Waals surface area contributed by atoms with Gasteiger partial charge in [-0.25, -0.2) is 9.37 Å². The van der Waals surface area contributed by atoms with Crippen LogP contribution < -0.4 is 25.1 Å². The Hall–Kier alpha value is -4.80. The molecule has 1 unspecified atom stereocenters. The summed E-state index contributed by atoms with van der Waals surface area (Å²) in [5.41, 5.74) is 2.01. The van der Waals surface area contributed by atoms with Gasteiger partial charge in [0.25, 0.3) is 5.56 Å². The Bertz CT molecular complexity index is 1810. The maximum absolute atomic E-state index is 15.4. The van der Waals surface area contributed by atoms with Crippen LogP contribution in [0.5, 0.6) is 23.0 Å². The Labute approximate surface area is 255 Å². The molecule has 0 aliphatic rings. The first-order chi connectivity index (χ1) is 21.3. The van der Waals surface area contributed by atoms with Crippen molar-refractivity contribution in [2.24, 2.45) is 7.05 Å². The molecule has 0 bridgehead atoms. The predicted octanol–water partition coefficient (Wildman–Crippen LogP) is 5.57. The van der Waals surface area contributed by atoms with Crippen LogP contribution in [0.2, 0.25) is 0 Å². The number of fused-ring (bicyclic) bond motifs is 1. The topological polar surface area (TPSA) is 90.7 Å². The second kappa shape index (κ2) is 13.7. The molecule has 9 nitrogen and oxygen atoms in total. The number of hydrogen-bond acceptors (Lipinski definition) is 8. The number of pyridine rings is 1. The van der Waals surface area contributed by atoms with Crippen molar-refractivity contribution < 1.29 is 18.6 Å². The van der Waals surface area contributed by atoms with Gasteiger partial charge < -0.3 is 24.4 Å². The average Bonchev–Trinajstić information content (AvgIpc) is 3.03. The highest BCUT2D eigenvalue weighted by Gasteiger charge is 2.21. The third-order valence-electron chi connectivity index (χ3n) is 7.40. The van der Waals surface area contributed by atoms with E-state index in [1.54, 1.807) is 44.6 Å². The zero-order chi connectivity index (χ0) is 31.2. The van der Waals surface area contributed by atoms with Gasteiger partial charge in [-0.05, 0) is 69.0 Å². The fraction of sp³-hybridized carbons (Fsp3) is 0.265. The molecule has 0 aliphatic carbocycles. The summed E-state index contributed by atoms with van der Waals surface area (Å²) in [5, 5.41) is 4.19. The Kier molecular flexibility index (Phi) is 9.52. The van der Waals surface area contributed by atoms with Crippen molar-refractivity contribution in [2.75, 3.05) is 41.4 Å². The lowest BCUT2D eigenvalue weighted by Gasteiger charge is -2.22. The lowest BCUT2D eigenvalue weighted by Crippen LogP contribution is -2.33. The van der Waals surface area contributed by atoms with Crippen LogP contribution in [0.4, 0.5) is 4.39 Å².